The quantitative estimate of drug-likeness (QED) is 0.919. The molecule has 1 aliphatic heterocycles. The Morgan fingerprint density at radius 1 is 1.42 bits per heavy atom. The van der Waals surface area contributed by atoms with Gasteiger partial charge in [0.25, 0.3) is 5.89 Å². The maximum atomic E-state index is 11.9. The Kier molecular flexibility index (Phi) is 4.95. The number of hydrogen-bond donors (Lipinski definition) is 1. The molecule has 0 spiro atoms. The van der Waals surface area contributed by atoms with Gasteiger partial charge in [-0.2, -0.15) is 4.98 Å². The topological polar surface area (TPSA) is 89.7 Å². The van der Waals surface area contributed by atoms with Gasteiger partial charge in [0.15, 0.2) is 0 Å². The first-order valence-corrected chi connectivity index (χ1v) is 7.83. The van der Waals surface area contributed by atoms with E-state index in [4.69, 9.17) is 14.0 Å². The van der Waals surface area contributed by atoms with Gasteiger partial charge in [-0.15, -0.1) is 0 Å². The fraction of sp³-hybridized carbons (Fsp3) is 0.438. The summed E-state index contributed by atoms with van der Waals surface area (Å²) in [6.07, 6.45) is -0.392. The molecule has 1 N–H and O–H groups in total. The summed E-state index contributed by atoms with van der Waals surface area (Å²) in [5.74, 6) is 1.60. The molecule has 3 rings (SSSR count). The van der Waals surface area contributed by atoms with Crippen molar-refractivity contribution in [1.29, 1.82) is 0 Å². The van der Waals surface area contributed by atoms with Gasteiger partial charge >= 0.3 is 6.03 Å². The number of nitrogens with zero attached hydrogens (tertiary/aromatic N) is 3. The van der Waals surface area contributed by atoms with Crippen molar-refractivity contribution < 1.29 is 18.8 Å². The summed E-state index contributed by atoms with van der Waals surface area (Å²) < 4.78 is 16.1. The molecule has 8 nitrogen and oxygen atoms in total. The van der Waals surface area contributed by atoms with E-state index in [2.05, 4.69) is 15.5 Å². The van der Waals surface area contributed by atoms with E-state index in [9.17, 15) is 4.79 Å². The van der Waals surface area contributed by atoms with Crippen LogP contribution in [0.2, 0.25) is 0 Å². The van der Waals surface area contributed by atoms with Crippen LogP contribution in [-0.4, -0.2) is 54.4 Å². The van der Waals surface area contributed by atoms with Gasteiger partial charge in [0.1, 0.15) is 11.9 Å². The molecule has 0 aliphatic carbocycles. The van der Waals surface area contributed by atoms with Crippen molar-refractivity contribution in [2.75, 3.05) is 33.4 Å². The van der Waals surface area contributed by atoms with E-state index in [-0.39, 0.29) is 6.03 Å². The van der Waals surface area contributed by atoms with Gasteiger partial charge in [0, 0.05) is 18.7 Å². The molecule has 1 aliphatic rings. The molecule has 1 saturated heterocycles. The van der Waals surface area contributed by atoms with Crippen LogP contribution in [0.3, 0.4) is 0 Å². The van der Waals surface area contributed by atoms with E-state index in [0.29, 0.717) is 38.0 Å². The standard InChI is InChI=1S/C16H20N4O4/c1-3-17-16(21)20-8-9-23-13(10-20)14-18-15(24-19-14)11-4-6-12(22-2)7-5-11/h4-7,13H,3,8-10H2,1-2H3,(H,17,21). The van der Waals surface area contributed by atoms with Crippen molar-refractivity contribution in [2.24, 2.45) is 0 Å². The lowest BCUT2D eigenvalue weighted by atomic mass is 10.2. The first kappa shape index (κ1) is 16.3. The minimum atomic E-state index is -0.392. The Morgan fingerprint density at radius 3 is 2.92 bits per heavy atom. The SMILES string of the molecule is CCNC(=O)N1CCOC(c2noc(-c3ccc(OC)cc3)n2)C1. The highest BCUT2D eigenvalue weighted by Crippen LogP contribution is 2.25. The van der Waals surface area contributed by atoms with Crippen LogP contribution in [-0.2, 0) is 4.74 Å². The van der Waals surface area contributed by atoms with E-state index in [1.54, 1.807) is 12.0 Å². The Morgan fingerprint density at radius 2 is 2.21 bits per heavy atom. The number of hydrogen-bond acceptors (Lipinski definition) is 6. The molecule has 128 valence electrons. The Bertz CT molecular complexity index is 686. The third-order valence-electron chi connectivity index (χ3n) is 3.75. The van der Waals surface area contributed by atoms with Gasteiger partial charge in [-0.25, -0.2) is 4.79 Å². The van der Waals surface area contributed by atoms with Gasteiger partial charge in [0.2, 0.25) is 5.82 Å². The number of morpholine rings is 1. The third-order valence-corrected chi connectivity index (χ3v) is 3.75. The maximum Gasteiger partial charge on any atom is 0.317 e. The molecule has 0 saturated carbocycles. The number of carbonyl (C=O) groups excluding carboxylic acids is 1. The minimum absolute atomic E-state index is 0.107. The molecule has 2 heterocycles. The van der Waals surface area contributed by atoms with Gasteiger partial charge in [0.05, 0.1) is 20.3 Å². The second-order valence-electron chi connectivity index (χ2n) is 5.33. The summed E-state index contributed by atoms with van der Waals surface area (Å²) in [6.45, 7) is 3.86. The first-order chi connectivity index (χ1) is 11.7. The average Bonchev–Trinajstić information content (AvgIpc) is 3.12. The minimum Gasteiger partial charge on any atom is -0.497 e. The number of carbonyl (C=O) groups is 1. The second-order valence-corrected chi connectivity index (χ2v) is 5.33. The van der Waals surface area contributed by atoms with Gasteiger partial charge in [-0.3, -0.25) is 0 Å². The van der Waals surface area contributed by atoms with Crippen LogP contribution >= 0.6 is 0 Å². The van der Waals surface area contributed by atoms with Crippen LogP contribution in [0.1, 0.15) is 18.9 Å². The lowest BCUT2D eigenvalue weighted by molar-refractivity contribution is -0.0208. The molecule has 1 aromatic carbocycles. The van der Waals surface area contributed by atoms with Gasteiger partial charge < -0.3 is 24.2 Å². The van der Waals surface area contributed by atoms with Crippen LogP contribution in [0.15, 0.2) is 28.8 Å². The van der Waals surface area contributed by atoms with Crippen LogP contribution in [0.5, 0.6) is 5.75 Å². The van der Waals surface area contributed by atoms with Crippen molar-refractivity contribution in [3.8, 4) is 17.2 Å². The van der Waals surface area contributed by atoms with E-state index in [1.165, 1.54) is 0 Å². The average molecular weight is 332 g/mol. The summed E-state index contributed by atoms with van der Waals surface area (Å²) in [5.41, 5.74) is 0.797. The number of nitrogens with one attached hydrogen (secondary N) is 1. The fourth-order valence-electron chi connectivity index (χ4n) is 2.47. The predicted octanol–water partition coefficient (Wildman–Crippen LogP) is 1.85. The smallest absolute Gasteiger partial charge is 0.317 e. The molecule has 1 fully saturated rings. The highest BCUT2D eigenvalue weighted by atomic mass is 16.5. The zero-order chi connectivity index (χ0) is 16.9. The third kappa shape index (κ3) is 3.48. The first-order valence-electron chi connectivity index (χ1n) is 7.83. The molecular formula is C16H20N4O4. The summed E-state index contributed by atoms with van der Waals surface area (Å²) in [5, 5.41) is 6.78. The van der Waals surface area contributed by atoms with E-state index in [1.807, 2.05) is 31.2 Å². The zero-order valence-electron chi connectivity index (χ0n) is 13.7. The van der Waals surface area contributed by atoms with E-state index < -0.39 is 6.10 Å². The number of ether oxygens (including phenoxy) is 2. The molecule has 2 amide bonds. The highest BCUT2D eigenvalue weighted by Gasteiger charge is 2.28. The summed E-state index contributed by atoms with van der Waals surface area (Å²) in [4.78, 5) is 18.0. The highest BCUT2D eigenvalue weighted by molar-refractivity contribution is 5.74. The van der Waals surface area contributed by atoms with Crippen molar-refractivity contribution in [1.82, 2.24) is 20.4 Å². The number of benzene rings is 1. The molecule has 1 unspecified atom stereocenters. The fourth-order valence-corrected chi connectivity index (χ4v) is 2.47. The maximum absolute atomic E-state index is 11.9. The number of rotatable bonds is 4. The van der Waals surface area contributed by atoms with Crippen molar-refractivity contribution >= 4 is 6.03 Å². The largest absolute Gasteiger partial charge is 0.497 e. The van der Waals surface area contributed by atoms with Gasteiger partial charge in [-0.05, 0) is 31.2 Å². The molecule has 0 bridgehead atoms. The summed E-state index contributed by atoms with van der Waals surface area (Å²) in [7, 11) is 1.61. The predicted molar refractivity (Wildman–Crippen MR) is 85.6 cm³/mol. The summed E-state index contributed by atoms with van der Waals surface area (Å²) in [6, 6.07) is 7.24. The molecule has 2 aromatic rings. The number of urea groups is 1. The molecule has 0 radical (unpaired) electrons. The Balaban J connectivity index is 1.71. The summed E-state index contributed by atoms with van der Waals surface area (Å²) >= 11 is 0. The normalized spacial score (nSPS) is 17.6. The van der Waals surface area contributed by atoms with Gasteiger partial charge in [-0.1, -0.05) is 5.16 Å². The lowest BCUT2D eigenvalue weighted by Crippen LogP contribution is -2.47. The van der Waals surface area contributed by atoms with Crippen LogP contribution < -0.4 is 10.1 Å². The number of aromatic nitrogens is 2. The second kappa shape index (κ2) is 7.31. The van der Waals surface area contributed by atoms with Crippen molar-refractivity contribution in [2.45, 2.75) is 13.0 Å². The van der Waals surface area contributed by atoms with Crippen LogP contribution in [0.25, 0.3) is 11.5 Å². The molecule has 24 heavy (non-hydrogen) atoms. The van der Waals surface area contributed by atoms with Crippen LogP contribution in [0, 0.1) is 0 Å². The Hall–Kier alpha value is -2.61. The molecule has 8 heteroatoms. The lowest BCUT2D eigenvalue weighted by Gasteiger charge is -2.31. The van der Waals surface area contributed by atoms with Crippen LogP contribution in [0.4, 0.5) is 4.79 Å². The monoisotopic (exact) mass is 332 g/mol. The van der Waals surface area contributed by atoms with Crippen molar-refractivity contribution in [3.05, 3.63) is 30.1 Å². The molecular weight excluding hydrogens is 312 g/mol. The number of amides is 2. The Labute approximate surface area is 139 Å². The number of methoxy groups -OCH3 is 1. The van der Waals surface area contributed by atoms with E-state index in [0.717, 1.165) is 11.3 Å². The zero-order valence-corrected chi connectivity index (χ0v) is 13.7. The van der Waals surface area contributed by atoms with Crippen molar-refractivity contribution in [3.63, 3.8) is 0 Å². The molecule has 1 atom stereocenters. The molecule has 1 aromatic heterocycles. The van der Waals surface area contributed by atoms with E-state index >= 15 is 0 Å².